The topological polar surface area (TPSA) is 349 Å². The molecule has 0 fully saturated rings. The molecule has 5 amide bonds. The number of carbonyl (C=O) groups is 10. The van der Waals surface area contributed by atoms with Crippen molar-refractivity contribution in [1.29, 1.82) is 0 Å². The minimum atomic E-state index is -1.56. The van der Waals surface area contributed by atoms with Crippen LogP contribution in [0.1, 0.15) is 154 Å². The van der Waals surface area contributed by atoms with E-state index in [0.29, 0.717) is 12.7 Å². The van der Waals surface area contributed by atoms with Gasteiger partial charge in [-0.05, 0) is 32.1 Å². The summed E-state index contributed by atoms with van der Waals surface area (Å²) in [6, 6.07) is -4.41. The molecule has 0 aromatic rings. The van der Waals surface area contributed by atoms with E-state index in [1.165, 1.54) is 38.5 Å². The fraction of sp³-hybridized carbons (Fsp3) is 0.787. The van der Waals surface area contributed by atoms with Gasteiger partial charge in [-0.1, -0.05) is 89.9 Å². The molecule has 0 aliphatic heterocycles. The van der Waals surface area contributed by atoms with E-state index in [2.05, 4.69) is 26.6 Å². The van der Waals surface area contributed by atoms with Gasteiger partial charge in [0.2, 0.25) is 29.5 Å². The van der Waals surface area contributed by atoms with E-state index >= 15 is 0 Å². The summed E-state index contributed by atoms with van der Waals surface area (Å²) >= 11 is 0. The Balaban J connectivity index is 4.22. The summed E-state index contributed by atoms with van der Waals surface area (Å²) in [5, 5.41) is 49.5. The lowest BCUT2D eigenvalue weighted by atomic mass is 10.0. The number of nitrogens with one attached hydrogen (secondary N) is 5. The van der Waals surface area contributed by atoms with Crippen molar-refractivity contribution in [3.05, 3.63) is 0 Å². The standard InChI is InChI=1S/C47H81N5O18/c53-27-30-69-32-31-67-29-26-49-43(58)35-70-34-33-68-28-25-48-39(54)22-19-36(45(61)62)51-41(56)24-21-38(47(65)66)52-42(57)23-20-37(46(63)64)50-40(55)17-15-13-11-9-7-5-3-1-2-4-6-8-10-12-14-16-18-44(59)60/h27,36-38H,1-26,28-35H2,(H,48,54)(H,49,58)(H,50,55)(H,51,56)(H,52,57)(H,59,60)(H,61,62)(H,63,64)(H,65,66)/t36-,37-,38-/m0/s1. The van der Waals surface area contributed by atoms with Crippen LogP contribution in [0.3, 0.4) is 0 Å². The minimum absolute atomic E-state index is 0.00508. The van der Waals surface area contributed by atoms with Gasteiger partial charge in [-0.2, -0.15) is 0 Å². The van der Waals surface area contributed by atoms with Crippen LogP contribution in [0, 0.1) is 0 Å². The highest BCUT2D eigenvalue weighted by Crippen LogP contribution is 2.15. The Hall–Kier alpha value is -5.26. The second-order valence-corrected chi connectivity index (χ2v) is 16.8. The van der Waals surface area contributed by atoms with Crippen molar-refractivity contribution < 1.29 is 87.3 Å². The number of rotatable bonds is 50. The molecule has 0 rings (SSSR count). The van der Waals surface area contributed by atoms with Gasteiger partial charge < -0.3 is 70.8 Å². The van der Waals surface area contributed by atoms with Crippen LogP contribution in [-0.2, 0) is 66.9 Å². The van der Waals surface area contributed by atoms with Gasteiger partial charge in [0.25, 0.3) is 0 Å². The zero-order valence-corrected chi connectivity index (χ0v) is 40.9. The number of carboxylic acids is 4. The number of carboxylic acid groups (broad SMARTS) is 4. The second-order valence-electron chi connectivity index (χ2n) is 16.8. The summed E-state index contributed by atoms with van der Waals surface area (Å²) in [6.45, 7) is 1.29. The van der Waals surface area contributed by atoms with E-state index in [1.54, 1.807) is 0 Å². The predicted molar refractivity (Wildman–Crippen MR) is 253 cm³/mol. The van der Waals surface area contributed by atoms with Crippen LogP contribution in [0.4, 0.5) is 0 Å². The van der Waals surface area contributed by atoms with Crippen molar-refractivity contribution >= 4 is 59.7 Å². The number of aldehydes is 1. The lowest BCUT2D eigenvalue weighted by Gasteiger charge is -2.18. The lowest BCUT2D eigenvalue weighted by molar-refractivity contribution is -0.144. The summed E-state index contributed by atoms with van der Waals surface area (Å²) in [4.78, 5) is 118. The summed E-state index contributed by atoms with van der Waals surface area (Å²) < 4.78 is 20.7. The SMILES string of the molecule is O=CCOCCOCCNC(=O)COCCOCCNC(=O)CC[C@H](NC(=O)CC[C@H](NC(=O)CC[C@H](NC(=O)CCCCCCCCCCCCCCCCCCC(=O)O)C(=O)O)C(=O)O)C(=O)O. The molecule has 0 heterocycles. The smallest absolute Gasteiger partial charge is 0.326 e. The molecular formula is C47H81N5O18. The van der Waals surface area contributed by atoms with Gasteiger partial charge >= 0.3 is 23.9 Å². The Morgan fingerprint density at radius 1 is 0.371 bits per heavy atom. The van der Waals surface area contributed by atoms with E-state index in [0.717, 1.165) is 57.8 Å². The molecule has 0 saturated heterocycles. The highest BCUT2D eigenvalue weighted by Gasteiger charge is 2.26. The fourth-order valence-corrected chi connectivity index (χ4v) is 6.84. The molecule has 0 aliphatic rings. The van der Waals surface area contributed by atoms with Crippen LogP contribution in [0.2, 0.25) is 0 Å². The maximum absolute atomic E-state index is 12.6. The quantitative estimate of drug-likeness (QED) is 0.0312. The number of unbranched alkanes of at least 4 members (excludes halogenated alkanes) is 15. The third-order valence-corrected chi connectivity index (χ3v) is 10.7. The fourth-order valence-electron chi connectivity index (χ4n) is 6.84. The number of hydrogen-bond donors (Lipinski definition) is 9. The molecule has 23 heteroatoms. The van der Waals surface area contributed by atoms with Crippen molar-refractivity contribution in [3.8, 4) is 0 Å². The molecule has 0 aromatic carbocycles. The first-order chi connectivity index (χ1) is 33.7. The zero-order valence-electron chi connectivity index (χ0n) is 40.9. The molecule has 0 aliphatic carbocycles. The van der Waals surface area contributed by atoms with Gasteiger partial charge in [0, 0.05) is 45.2 Å². The van der Waals surface area contributed by atoms with Crippen LogP contribution in [0.5, 0.6) is 0 Å². The second kappa shape index (κ2) is 44.9. The van der Waals surface area contributed by atoms with Crippen LogP contribution >= 0.6 is 0 Å². The molecule has 0 spiro atoms. The third-order valence-electron chi connectivity index (χ3n) is 10.7. The summed E-state index contributed by atoms with van der Waals surface area (Å²) in [5.41, 5.74) is 0. The number of hydrogen-bond acceptors (Lipinski definition) is 14. The number of carbonyl (C=O) groups excluding carboxylic acids is 6. The van der Waals surface area contributed by atoms with Crippen molar-refractivity contribution in [2.24, 2.45) is 0 Å². The Morgan fingerprint density at radius 2 is 0.700 bits per heavy atom. The van der Waals surface area contributed by atoms with E-state index in [-0.39, 0.29) is 104 Å². The molecule has 0 bridgehead atoms. The molecule has 0 unspecified atom stereocenters. The van der Waals surface area contributed by atoms with Crippen molar-refractivity contribution in [2.75, 3.05) is 65.9 Å². The average Bonchev–Trinajstić information content (AvgIpc) is 3.31. The minimum Gasteiger partial charge on any atom is -0.481 e. The first-order valence-electron chi connectivity index (χ1n) is 24.7. The van der Waals surface area contributed by atoms with E-state index in [1.807, 2.05) is 0 Å². The molecule has 402 valence electrons. The van der Waals surface area contributed by atoms with Gasteiger partial charge in [0.05, 0.1) is 39.6 Å². The normalized spacial score (nSPS) is 12.2. The predicted octanol–water partition coefficient (Wildman–Crippen LogP) is 2.64. The molecule has 9 N–H and O–H groups in total. The maximum atomic E-state index is 12.6. The van der Waals surface area contributed by atoms with Gasteiger partial charge in [-0.3, -0.25) is 28.8 Å². The van der Waals surface area contributed by atoms with Crippen molar-refractivity contribution in [2.45, 2.75) is 172 Å². The summed E-state index contributed by atoms with van der Waals surface area (Å²) in [6.07, 6.45) is 15.8. The summed E-state index contributed by atoms with van der Waals surface area (Å²) in [5.74, 6) is -8.00. The van der Waals surface area contributed by atoms with E-state index in [4.69, 9.17) is 24.1 Å². The third kappa shape index (κ3) is 41.7. The zero-order chi connectivity index (χ0) is 52.0. The van der Waals surface area contributed by atoms with E-state index in [9.17, 15) is 63.3 Å². The first-order valence-corrected chi connectivity index (χ1v) is 24.7. The van der Waals surface area contributed by atoms with Gasteiger partial charge in [-0.15, -0.1) is 0 Å². The molecule has 0 saturated carbocycles. The highest BCUT2D eigenvalue weighted by atomic mass is 16.5. The van der Waals surface area contributed by atoms with Crippen molar-refractivity contribution in [1.82, 2.24) is 26.6 Å². The van der Waals surface area contributed by atoms with Crippen LogP contribution < -0.4 is 26.6 Å². The molecule has 70 heavy (non-hydrogen) atoms. The molecule has 0 radical (unpaired) electrons. The Bertz CT molecular complexity index is 1520. The van der Waals surface area contributed by atoms with Crippen molar-refractivity contribution in [3.63, 3.8) is 0 Å². The number of amides is 5. The maximum Gasteiger partial charge on any atom is 0.326 e. The highest BCUT2D eigenvalue weighted by molar-refractivity contribution is 5.87. The Morgan fingerprint density at radius 3 is 1.09 bits per heavy atom. The average molecular weight is 1000 g/mol. The summed E-state index contributed by atoms with van der Waals surface area (Å²) in [7, 11) is 0. The largest absolute Gasteiger partial charge is 0.481 e. The molecule has 0 aromatic heterocycles. The van der Waals surface area contributed by atoms with Gasteiger partial charge in [0.1, 0.15) is 37.6 Å². The first kappa shape index (κ1) is 64.7. The van der Waals surface area contributed by atoms with Crippen LogP contribution in [0.15, 0.2) is 0 Å². The number of ether oxygens (including phenoxy) is 4. The van der Waals surface area contributed by atoms with Gasteiger partial charge in [-0.25, -0.2) is 14.4 Å². The molecule has 23 nitrogen and oxygen atoms in total. The Labute approximate surface area is 411 Å². The number of aliphatic carboxylic acids is 4. The van der Waals surface area contributed by atoms with Crippen LogP contribution in [-0.4, -0.2) is 164 Å². The molecule has 3 atom stereocenters. The van der Waals surface area contributed by atoms with Crippen LogP contribution in [0.25, 0.3) is 0 Å². The van der Waals surface area contributed by atoms with E-state index < -0.39 is 84.9 Å². The Kier molecular flexibility index (Phi) is 41.5. The van der Waals surface area contributed by atoms with Gasteiger partial charge in [0.15, 0.2) is 0 Å². The lowest BCUT2D eigenvalue weighted by Crippen LogP contribution is -2.45. The molecular weight excluding hydrogens is 923 g/mol. The monoisotopic (exact) mass is 1000 g/mol.